The molecule has 3 rings (SSSR count). The highest BCUT2D eigenvalue weighted by Crippen LogP contribution is 2.27. The molecule has 1 aliphatic carbocycles. The van der Waals surface area contributed by atoms with Crippen molar-refractivity contribution in [3.05, 3.63) is 34.9 Å². The van der Waals surface area contributed by atoms with E-state index in [0.717, 1.165) is 37.7 Å². The second-order valence-corrected chi connectivity index (χ2v) is 5.93. The monoisotopic (exact) mass is 271 g/mol. The molecule has 0 aromatic heterocycles. The summed E-state index contributed by atoms with van der Waals surface area (Å²) in [5.74, 6) is 0.344. The average molecular weight is 271 g/mol. The van der Waals surface area contributed by atoms with Crippen LogP contribution in [0, 0.1) is 5.92 Å². The fourth-order valence-electron chi connectivity index (χ4n) is 3.34. The molecule has 1 aromatic rings. The Labute approximate surface area is 119 Å². The molecule has 0 unspecified atom stereocenters. The minimum absolute atomic E-state index is 0.0400. The van der Waals surface area contributed by atoms with Crippen molar-refractivity contribution in [2.45, 2.75) is 44.9 Å². The number of hydrogen-bond donors (Lipinski definition) is 1. The van der Waals surface area contributed by atoms with Crippen LogP contribution in [-0.2, 0) is 6.42 Å². The van der Waals surface area contributed by atoms with Gasteiger partial charge in [0, 0.05) is 23.6 Å². The summed E-state index contributed by atoms with van der Waals surface area (Å²) < 4.78 is 0. The van der Waals surface area contributed by atoms with Gasteiger partial charge < -0.3 is 5.32 Å². The van der Waals surface area contributed by atoms with Crippen LogP contribution in [0.25, 0.3) is 0 Å². The Hall–Kier alpha value is -1.64. The molecule has 1 saturated carbocycles. The molecule has 3 heteroatoms. The second kappa shape index (κ2) is 5.78. The zero-order chi connectivity index (χ0) is 13.9. The lowest BCUT2D eigenvalue weighted by Crippen LogP contribution is -2.32. The topological polar surface area (TPSA) is 46.2 Å². The van der Waals surface area contributed by atoms with Gasteiger partial charge in [0.15, 0.2) is 5.78 Å². The third-order valence-electron chi connectivity index (χ3n) is 4.54. The van der Waals surface area contributed by atoms with Crippen LogP contribution < -0.4 is 5.32 Å². The molecule has 0 radical (unpaired) electrons. The van der Waals surface area contributed by atoms with E-state index in [1.54, 1.807) is 6.07 Å². The molecule has 0 atom stereocenters. The van der Waals surface area contributed by atoms with Crippen molar-refractivity contribution in [1.82, 2.24) is 5.32 Å². The fraction of sp³-hybridized carbons (Fsp3) is 0.529. The average Bonchev–Trinajstić information content (AvgIpc) is 2.76. The van der Waals surface area contributed by atoms with E-state index in [0.29, 0.717) is 17.7 Å². The first-order chi connectivity index (χ1) is 9.75. The molecule has 1 fully saturated rings. The van der Waals surface area contributed by atoms with Gasteiger partial charge in [0.05, 0.1) is 0 Å². The Kier molecular flexibility index (Phi) is 3.86. The predicted octanol–water partition coefficient (Wildman–Crippen LogP) is 3.13. The van der Waals surface area contributed by atoms with Crippen molar-refractivity contribution in [2.75, 3.05) is 6.54 Å². The maximum Gasteiger partial charge on any atom is 0.251 e. The number of benzene rings is 1. The number of hydrogen-bond acceptors (Lipinski definition) is 2. The van der Waals surface area contributed by atoms with Crippen LogP contribution in [-0.4, -0.2) is 18.2 Å². The lowest BCUT2D eigenvalue weighted by atomic mass is 9.88. The first-order valence-corrected chi connectivity index (χ1v) is 7.71. The maximum absolute atomic E-state index is 12.6. The van der Waals surface area contributed by atoms with Crippen LogP contribution in [0.3, 0.4) is 0 Å². The smallest absolute Gasteiger partial charge is 0.251 e. The van der Waals surface area contributed by atoms with Crippen molar-refractivity contribution in [3.8, 4) is 0 Å². The Bertz CT molecular complexity index is 528. The summed E-state index contributed by atoms with van der Waals surface area (Å²) in [4.78, 5) is 24.5. The van der Waals surface area contributed by atoms with Crippen LogP contribution in [0.15, 0.2) is 18.2 Å². The molecule has 0 bridgehead atoms. The normalized spacial score (nSPS) is 19.9. The van der Waals surface area contributed by atoms with Gasteiger partial charge in [-0.1, -0.05) is 37.8 Å². The molecular weight excluding hydrogens is 250 g/mol. The van der Waals surface area contributed by atoms with Gasteiger partial charge in [-0.2, -0.15) is 0 Å². The van der Waals surface area contributed by atoms with Crippen LogP contribution in [0.2, 0.25) is 0 Å². The van der Waals surface area contributed by atoms with E-state index in [1.165, 1.54) is 12.8 Å². The molecule has 3 nitrogen and oxygen atoms in total. The molecule has 1 N–H and O–H groups in total. The lowest BCUT2D eigenvalue weighted by molar-refractivity contribution is 0.0908. The minimum Gasteiger partial charge on any atom is -0.352 e. The van der Waals surface area contributed by atoms with Crippen LogP contribution in [0.1, 0.15) is 64.8 Å². The molecule has 2 aliphatic rings. The summed E-state index contributed by atoms with van der Waals surface area (Å²) in [7, 11) is 0. The number of ketones is 1. The highest BCUT2D eigenvalue weighted by Gasteiger charge is 2.24. The van der Waals surface area contributed by atoms with Gasteiger partial charge in [-0.15, -0.1) is 0 Å². The Morgan fingerprint density at radius 3 is 2.60 bits per heavy atom. The number of nitrogens with one attached hydrogen (secondary N) is 1. The van der Waals surface area contributed by atoms with E-state index >= 15 is 0 Å². The molecule has 1 amide bonds. The third kappa shape index (κ3) is 2.62. The van der Waals surface area contributed by atoms with Crippen molar-refractivity contribution in [2.24, 2.45) is 5.92 Å². The van der Waals surface area contributed by atoms with Crippen molar-refractivity contribution in [3.63, 3.8) is 0 Å². The molecule has 1 aromatic carbocycles. The van der Waals surface area contributed by atoms with Gasteiger partial charge in [-0.05, 0) is 30.9 Å². The van der Waals surface area contributed by atoms with E-state index in [9.17, 15) is 9.59 Å². The maximum atomic E-state index is 12.6. The number of rotatable bonds is 2. The first kappa shape index (κ1) is 13.3. The third-order valence-corrected chi connectivity index (χ3v) is 4.54. The first-order valence-electron chi connectivity index (χ1n) is 7.71. The molecule has 0 spiro atoms. The number of fused-ring (bicyclic) bond motifs is 1. The zero-order valence-corrected chi connectivity index (χ0v) is 11.8. The van der Waals surface area contributed by atoms with Gasteiger partial charge in [0.25, 0.3) is 5.91 Å². The number of Topliss-reactive ketones (excluding diaryl/α,β-unsaturated/α-hetero) is 1. The molecule has 1 heterocycles. The second-order valence-electron chi connectivity index (χ2n) is 5.93. The largest absolute Gasteiger partial charge is 0.352 e. The molecular formula is C17H21NO2. The van der Waals surface area contributed by atoms with Crippen LogP contribution >= 0.6 is 0 Å². The highest BCUT2D eigenvalue weighted by molar-refractivity contribution is 6.02. The van der Waals surface area contributed by atoms with Crippen molar-refractivity contribution < 1.29 is 9.59 Å². The summed E-state index contributed by atoms with van der Waals surface area (Å²) in [5.41, 5.74) is 2.47. The van der Waals surface area contributed by atoms with E-state index in [2.05, 4.69) is 5.32 Å². The highest BCUT2D eigenvalue weighted by atomic mass is 16.1. The van der Waals surface area contributed by atoms with Gasteiger partial charge in [-0.3, -0.25) is 9.59 Å². The van der Waals surface area contributed by atoms with Gasteiger partial charge in [0.2, 0.25) is 0 Å². The van der Waals surface area contributed by atoms with Gasteiger partial charge >= 0.3 is 0 Å². The fourth-order valence-corrected chi connectivity index (χ4v) is 3.34. The lowest BCUT2D eigenvalue weighted by Gasteiger charge is -2.18. The summed E-state index contributed by atoms with van der Waals surface area (Å²) in [6.45, 7) is 0.696. The quantitative estimate of drug-likeness (QED) is 0.663. The number of carbonyl (C=O) groups excluding carboxylic acids is 2. The van der Waals surface area contributed by atoms with Crippen molar-refractivity contribution >= 4 is 11.7 Å². The predicted molar refractivity (Wildman–Crippen MR) is 78.0 cm³/mol. The summed E-state index contributed by atoms with van der Waals surface area (Å²) in [6.07, 6.45) is 7.67. The SMILES string of the molecule is O=C1NCCc2ccc(C(=O)C3CCCCCC3)cc21. The van der Waals surface area contributed by atoms with Gasteiger partial charge in [-0.25, -0.2) is 0 Å². The summed E-state index contributed by atoms with van der Waals surface area (Å²) >= 11 is 0. The van der Waals surface area contributed by atoms with E-state index < -0.39 is 0 Å². The molecule has 0 saturated heterocycles. The minimum atomic E-state index is -0.0400. The molecule has 20 heavy (non-hydrogen) atoms. The number of carbonyl (C=O) groups is 2. The molecule has 106 valence electrons. The Morgan fingerprint density at radius 2 is 1.85 bits per heavy atom. The van der Waals surface area contributed by atoms with E-state index in [-0.39, 0.29) is 17.6 Å². The van der Waals surface area contributed by atoms with Crippen LogP contribution in [0.5, 0.6) is 0 Å². The van der Waals surface area contributed by atoms with E-state index in [1.807, 2.05) is 12.1 Å². The molecule has 1 aliphatic heterocycles. The standard InChI is InChI=1S/C17H21NO2/c19-16(13-5-3-1-2-4-6-13)14-8-7-12-9-10-18-17(20)15(12)11-14/h7-8,11,13H,1-6,9-10H2,(H,18,20). The Morgan fingerprint density at radius 1 is 1.10 bits per heavy atom. The number of amides is 1. The van der Waals surface area contributed by atoms with E-state index in [4.69, 9.17) is 0 Å². The zero-order valence-electron chi connectivity index (χ0n) is 11.8. The van der Waals surface area contributed by atoms with Crippen molar-refractivity contribution in [1.29, 1.82) is 0 Å². The Balaban J connectivity index is 1.84. The van der Waals surface area contributed by atoms with Gasteiger partial charge in [0.1, 0.15) is 0 Å². The van der Waals surface area contributed by atoms with Crippen LogP contribution in [0.4, 0.5) is 0 Å². The summed E-state index contributed by atoms with van der Waals surface area (Å²) in [6, 6.07) is 5.67. The summed E-state index contributed by atoms with van der Waals surface area (Å²) in [5, 5.41) is 2.84.